The highest BCUT2D eigenvalue weighted by Crippen LogP contribution is 2.60. The van der Waals surface area contributed by atoms with Crippen LogP contribution in [0.1, 0.15) is 65.6 Å². The molecule has 188 valence electrons. The van der Waals surface area contributed by atoms with Gasteiger partial charge in [0.05, 0.1) is 7.11 Å². The van der Waals surface area contributed by atoms with Gasteiger partial charge in [-0.15, -0.1) is 0 Å². The first-order chi connectivity index (χ1) is 17.4. The van der Waals surface area contributed by atoms with E-state index in [9.17, 15) is 14.4 Å². The number of fused-ring (bicyclic) bond motifs is 1. The summed E-state index contributed by atoms with van der Waals surface area (Å²) in [6.45, 7) is 0.842. The van der Waals surface area contributed by atoms with E-state index < -0.39 is 12.0 Å². The van der Waals surface area contributed by atoms with Crippen LogP contribution in [-0.4, -0.2) is 35.8 Å². The van der Waals surface area contributed by atoms with Crippen molar-refractivity contribution in [3.63, 3.8) is 0 Å². The van der Waals surface area contributed by atoms with Crippen LogP contribution < -0.4 is 5.32 Å². The quantitative estimate of drug-likeness (QED) is 0.641. The van der Waals surface area contributed by atoms with Crippen molar-refractivity contribution in [2.24, 2.45) is 23.2 Å². The van der Waals surface area contributed by atoms with Crippen molar-refractivity contribution in [3.05, 3.63) is 70.8 Å². The fourth-order valence-electron chi connectivity index (χ4n) is 7.77. The summed E-state index contributed by atoms with van der Waals surface area (Å²) in [4.78, 5) is 40.8. The van der Waals surface area contributed by atoms with Crippen LogP contribution in [0.5, 0.6) is 0 Å². The summed E-state index contributed by atoms with van der Waals surface area (Å²) in [5, 5.41) is 3.21. The molecule has 2 aromatic rings. The Kier molecular flexibility index (Phi) is 5.85. The van der Waals surface area contributed by atoms with E-state index in [2.05, 4.69) is 5.32 Å². The molecule has 36 heavy (non-hydrogen) atoms. The molecule has 0 spiro atoms. The Labute approximate surface area is 212 Å². The highest BCUT2D eigenvalue weighted by molar-refractivity contribution is 5.97. The first kappa shape index (κ1) is 23.3. The van der Waals surface area contributed by atoms with Crippen LogP contribution in [0.3, 0.4) is 0 Å². The maximum absolute atomic E-state index is 13.4. The Morgan fingerprint density at radius 2 is 1.53 bits per heavy atom. The molecule has 4 bridgehead atoms. The third kappa shape index (κ3) is 4.10. The first-order valence-electron chi connectivity index (χ1n) is 13.3. The molecule has 1 aliphatic heterocycles. The second-order valence-electron chi connectivity index (χ2n) is 11.5. The fourth-order valence-corrected chi connectivity index (χ4v) is 7.77. The molecule has 0 radical (unpaired) electrons. The molecule has 5 aliphatic rings. The number of carbonyl (C=O) groups is 3. The van der Waals surface area contributed by atoms with Gasteiger partial charge in [-0.05, 0) is 85.1 Å². The van der Waals surface area contributed by atoms with Crippen molar-refractivity contribution in [2.45, 2.75) is 64.1 Å². The number of rotatable bonds is 5. The summed E-state index contributed by atoms with van der Waals surface area (Å²) in [7, 11) is 1.36. The van der Waals surface area contributed by atoms with Gasteiger partial charge >= 0.3 is 5.97 Å². The zero-order valence-electron chi connectivity index (χ0n) is 20.9. The topological polar surface area (TPSA) is 75.7 Å². The highest BCUT2D eigenvalue weighted by Gasteiger charge is 2.54. The summed E-state index contributed by atoms with van der Waals surface area (Å²) in [5.41, 5.74) is 3.47. The molecule has 1 heterocycles. The number of nitrogens with one attached hydrogen (secondary N) is 1. The molecular weight excluding hydrogens is 452 g/mol. The molecule has 4 aliphatic carbocycles. The zero-order chi connectivity index (χ0) is 24.9. The maximum atomic E-state index is 13.4. The van der Waals surface area contributed by atoms with Crippen molar-refractivity contribution in [2.75, 3.05) is 7.11 Å². The first-order valence-corrected chi connectivity index (χ1v) is 13.3. The maximum Gasteiger partial charge on any atom is 0.328 e. The van der Waals surface area contributed by atoms with E-state index in [1.807, 2.05) is 36.4 Å². The second kappa shape index (κ2) is 9.06. The molecule has 0 aromatic heterocycles. The Morgan fingerprint density at radius 1 is 0.917 bits per heavy atom. The average Bonchev–Trinajstić information content (AvgIpc) is 2.89. The van der Waals surface area contributed by atoms with E-state index in [-0.39, 0.29) is 17.2 Å². The molecule has 4 fully saturated rings. The standard InChI is InChI=1S/C30H34N2O4/c1-36-28(34)26-13-24-4-2-3-5-25(24)18-32(26)27(33)23-8-6-19(7-9-23)17-31-29(35)30-14-20-10-21(15-30)12-22(11-20)16-30/h2-9,20-22,26H,10-18H2,1H3,(H,31,35). The van der Waals surface area contributed by atoms with Crippen molar-refractivity contribution in [1.29, 1.82) is 0 Å². The van der Waals surface area contributed by atoms with Gasteiger partial charge in [0.15, 0.2) is 0 Å². The van der Waals surface area contributed by atoms with Gasteiger partial charge in [0, 0.05) is 30.5 Å². The minimum absolute atomic E-state index is 0.155. The van der Waals surface area contributed by atoms with Crippen LogP contribution in [-0.2, 0) is 33.8 Å². The van der Waals surface area contributed by atoms with Crippen LogP contribution in [0.15, 0.2) is 48.5 Å². The van der Waals surface area contributed by atoms with E-state index in [1.54, 1.807) is 17.0 Å². The number of esters is 1. The molecule has 2 amide bonds. The lowest BCUT2D eigenvalue weighted by atomic mass is 9.49. The summed E-state index contributed by atoms with van der Waals surface area (Å²) < 4.78 is 5.01. The normalized spacial score (nSPS) is 30.0. The highest BCUT2D eigenvalue weighted by atomic mass is 16.5. The Hall–Kier alpha value is -3.15. The van der Waals surface area contributed by atoms with Crippen LogP contribution in [0.25, 0.3) is 0 Å². The molecule has 0 saturated heterocycles. The van der Waals surface area contributed by atoms with Crippen molar-refractivity contribution in [3.8, 4) is 0 Å². The number of methoxy groups -OCH3 is 1. The summed E-state index contributed by atoms with van der Waals surface area (Å²) in [5.74, 6) is 1.84. The van der Waals surface area contributed by atoms with E-state index in [1.165, 1.54) is 26.4 Å². The van der Waals surface area contributed by atoms with Crippen molar-refractivity contribution >= 4 is 17.8 Å². The average molecular weight is 487 g/mol. The number of amides is 2. The SMILES string of the molecule is COC(=O)C1Cc2ccccc2CN1C(=O)c1ccc(CNC(=O)C23CC4CC(CC(C4)C2)C3)cc1. The number of carbonyl (C=O) groups excluding carboxylic acids is 3. The summed E-state index contributed by atoms with van der Waals surface area (Å²) >= 11 is 0. The number of ether oxygens (including phenoxy) is 1. The molecule has 1 unspecified atom stereocenters. The Balaban J connectivity index is 1.12. The molecular formula is C30H34N2O4. The van der Waals surface area contributed by atoms with Crippen LogP contribution in [0.2, 0.25) is 0 Å². The predicted molar refractivity (Wildman–Crippen MR) is 135 cm³/mol. The van der Waals surface area contributed by atoms with Crippen LogP contribution in [0, 0.1) is 23.2 Å². The van der Waals surface area contributed by atoms with E-state index in [0.29, 0.717) is 25.1 Å². The van der Waals surface area contributed by atoms with Crippen molar-refractivity contribution < 1.29 is 19.1 Å². The van der Waals surface area contributed by atoms with Gasteiger partial charge in [-0.3, -0.25) is 9.59 Å². The van der Waals surface area contributed by atoms with Gasteiger partial charge in [-0.25, -0.2) is 4.79 Å². The summed E-state index contributed by atoms with van der Waals surface area (Å²) in [6.07, 6.45) is 7.57. The molecule has 6 nitrogen and oxygen atoms in total. The molecule has 4 saturated carbocycles. The minimum atomic E-state index is -0.642. The third-order valence-corrected chi connectivity index (χ3v) is 9.16. The largest absolute Gasteiger partial charge is 0.467 e. The number of benzene rings is 2. The van der Waals surface area contributed by atoms with E-state index in [4.69, 9.17) is 4.74 Å². The third-order valence-electron chi connectivity index (χ3n) is 9.16. The lowest BCUT2D eigenvalue weighted by molar-refractivity contribution is -0.147. The van der Waals surface area contributed by atoms with E-state index in [0.717, 1.165) is 53.7 Å². The predicted octanol–water partition coefficient (Wildman–Crippen LogP) is 4.26. The molecule has 6 heteroatoms. The van der Waals surface area contributed by atoms with Gasteiger partial charge in [0.1, 0.15) is 6.04 Å². The van der Waals surface area contributed by atoms with Gasteiger partial charge in [0.25, 0.3) is 5.91 Å². The lowest BCUT2D eigenvalue weighted by Crippen LogP contribution is -2.53. The van der Waals surface area contributed by atoms with Crippen LogP contribution in [0.4, 0.5) is 0 Å². The van der Waals surface area contributed by atoms with Gasteiger partial charge in [-0.1, -0.05) is 36.4 Å². The van der Waals surface area contributed by atoms with Gasteiger partial charge in [0.2, 0.25) is 5.91 Å². The minimum Gasteiger partial charge on any atom is -0.467 e. The zero-order valence-corrected chi connectivity index (χ0v) is 20.9. The van der Waals surface area contributed by atoms with Crippen LogP contribution >= 0.6 is 0 Å². The second-order valence-corrected chi connectivity index (χ2v) is 11.5. The van der Waals surface area contributed by atoms with E-state index >= 15 is 0 Å². The fraction of sp³-hybridized carbons (Fsp3) is 0.500. The lowest BCUT2D eigenvalue weighted by Gasteiger charge is -2.55. The Morgan fingerprint density at radius 3 is 2.14 bits per heavy atom. The van der Waals surface area contributed by atoms with Gasteiger partial charge in [-0.2, -0.15) is 0 Å². The smallest absolute Gasteiger partial charge is 0.328 e. The Bertz CT molecular complexity index is 1150. The molecule has 1 N–H and O–H groups in total. The molecule has 1 atom stereocenters. The molecule has 7 rings (SSSR count). The summed E-state index contributed by atoms with van der Waals surface area (Å²) in [6, 6.07) is 14.6. The number of hydrogen-bond donors (Lipinski definition) is 1. The molecule has 2 aromatic carbocycles. The monoisotopic (exact) mass is 486 g/mol. The number of hydrogen-bond acceptors (Lipinski definition) is 4. The number of nitrogens with zero attached hydrogens (tertiary/aromatic N) is 1. The van der Waals surface area contributed by atoms with Crippen molar-refractivity contribution in [1.82, 2.24) is 10.2 Å². The van der Waals surface area contributed by atoms with Gasteiger partial charge < -0.3 is 15.0 Å².